The number of alkyl halides is 1. The van der Waals surface area contributed by atoms with Crippen LogP contribution in [0.3, 0.4) is 0 Å². The minimum absolute atomic E-state index is 0.0714. The summed E-state index contributed by atoms with van der Waals surface area (Å²) in [5.74, 6) is 0. The summed E-state index contributed by atoms with van der Waals surface area (Å²) in [6, 6.07) is 0.0714. The van der Waals surface area contributed by atoms with Gasteiger partial charge in [0.2, 0.25) is 0 Å². The van der Waals surface area contributed by atoms with Crippen LogP contribution in [0.25, 0.3) is 0 Å². The van der Waals surface area contributed by atoms with Crippen molar-refractivity contribution >= 4 is 11.3 Å². The van der Waals surface area contributed by atoms with Crippen molar-refractivity contribution in [1.29, 1.82) is 0 Å². The van der Waals surface area contributed by atoms with E-state index in [-0.39, 0.29) is 6.04 Å². The fraction of sp³-hybridized carbons (Fsp3) is 0.667. The molecule has 2 nitrogen and oxygen atoms in total. The van der Waals surface area contributed by atoms with Gasteiger partial charge in [0.1, 0.15) is 6.17 Å². The number of nitrogens with one attached hydrogen (secondary N) is 1. The van der Waals surface area contributed by atoms with Crippen molar-refractivity contribution in [3.63, 3.8) is 0 Å². The predicted octanol–water partition coefficient (Wildman–Crippen LogP) is 2.12. The molecule has 13 heavy (non-hydrogen) atoms. The summed E-state index contributed by atoms with van der Waals surface area (Å²) >= 11 is 1.61. The van der Waals surface area contributed by atoms with E-state index < -0.39 is 6.17 Å². The van der Waals surface area contributed by atoms with Gasteiger partial charge in [-0.05, 0) is 19.3 Å². The lowest BCUT2D eigenvalue weighted by molar-refractivity contribution is 0.279. The second kappa shape index (κ2) is 4.15. The summed E-state index contributed by atoms with van der Waals surface area (Å²) in [7, 11) is 0. The van der Waals surface area contributed by atoms with Crippen LogP contribution in [0.15, 0.2) is 11.7 Å². The fourth-order valence-corrected chi connectivity index (χ4v) is 2.25. The maximum Gasteiger partial charge on any atom is 0.115 e. The fourth-order valence-electron chi connectivity index (χ4n) is 1.71. The molecule has 2 atom stereocenters. The van der Waals surface area contributed by atoms with E-state index in [9.17, 15) is 4.39 Å². The number of hydrogen-bond donors (Lipinski definition) is 1. The molecule has 1 aromatic heterocycles. The third-order valence-electron chi connectivity index (χ3n) is 2.45. The van der Waals surface area contributed by atoms with Crippen molar-refractivity contribution in [2.45, 2.75) is 38.0 Å². The summed E-state index contributed by atoms with van der Waals surface area (Å²) in [5.41, 5.74) is 1.80. The standard InChI is InChI=1S/C9H13FN2S/c10-8-2-1-3-9(8)12-5-7-4-11-6-13-7/h4,6,8-9,12H,1-3,5H2/t8-,9+/m1/s1. The summed E-state index contributed by atoms with van der Waals surface area (Å²) in [6.45, 7) is 0.760. The largest absolute Gasteiger partial charge is 0.306 e. The zero-order chi connectivity index (χ0) is 9.10. The van der Waals surface area contributed by atoms with Crippen molar-refractivity contribution in [3.05, 3.63) is 16.6 Å². The molecular weight excluding hydrogens is 187 g/mol. The maximum atomic E-state index is 13.1. The quantitative estimate of drug-likeness (QED) is 0.808. The second-order valence-electron chi connectivity index (χ2n) is 3.40. The zero-order valence-corrected chi connectivity index (χ0v) is 8.19. The van der Waals surface area contributed by atoms with Gasteiger partial charge in [-0.2, -0.15) is 0 Å². The van der Waals surface area contributed by atoms with Gasteiger partial charge in [0, 0.05) is 23.7 Å². The van der Waals surface area contributed by atoms with Crippen molar-refractivity contribution in [2.75, 3.05) is 0 Å². The van der Waals surface area contributed by atoms with Crippen LogP contribution in [-0.4, -0.2) is 17.2 Å². The first-order chi connectivity index (χ1) is 6.36. The van der Waals surface area contributed by atoms with E-state index in [0.29, 0.717) is 0 Å². The van der Waals surface area contributed by atoms with E-state index in [1.807, 2.05) is 6.20 Å². The Hall–Kier alpha value is -0.480. The molecule has 1 aliphatic rings. The van der Waals surface area contributed by atoms with Gasteiger partial charge in [-0.25, -0.2) is 4.39 Å². The summed E-state index contributed by atoms with van der Waals surface area (Å²) in [5, 5.41) is 3.23. The summed E-state index contributed by atoms with van der Waals surface area (Å²) < 4.78 is 13.1. The van der Waals surface area contributed by atoms with E-state index in [1.54, 1.807) is 16.8 Å². The minimum atomic E-state index is -0.645. The Morgan fingerprint density at radius 1 is 1.62 bits per heavy atom. The van der Waals surface area contributed by atoms with Gasteiger partial charge < -0.3 is 5.32 Å². The third kappa shape index (κ3) is 2.25. The Balaban J connectivity index is 1.79. The Bertz CT molecular complexity index is 250. The van der Waals surface area contributed by atoms with Crippen LogP contribution in [-0.2, 0) is 6.54 Å². The van der Waals surface area contributed by atoms with E-state index >= 15 is 0 Å². The van der Waals surface area contributed by atoms with Crippen LogP contribution in [0.1, 0.15) is 24.1 Å². The van der Waals surface area contributed by atoms with Gasteiger partial charge in [0.15, 0.2) is 0 Å². The van der Waals surface area contributed by atoms with Gasteiger partial charge in [0.05, 0.1) is 5.51 Å². The highest BCUT2D eigenvalue weighted by Gasteiger charge is 2.26. The molecule has 4 heteroatoms. The van der Waals surface area contributed by atoms with Crippen molar-refractivity contribution in [3.8, 4) is 0 Å². The average molecular weight is 200 g/mol. The van der Waals surface area contributed by atoms with Crippen LogP contribution in [0.5, 0.6) is 0 Å². The highest BCUT2D eigenvalue weighted by Crippen LogP contribution is 2.22. The van der Waals surface area contributed by atoms with E-state index in [1.165, 1.54) is 4.88 Å². The molecule has 0 aromatic carbocycles. The van der Waals surface area contributed by atoms with E-state index in [4.69, 9.17) is 0 Å². The highest BCUT2D eigenvalue weighted by molar-refractivity contribution is 7.09. The lowest BCUT2D eigenvalue weighted by Gasteiger charge is -2.13. The number of rotatable bonds is 3. The highest BCUT2D eigenvalue weighted by atomic mass is 32.1. The Morgan fingerprint density at radius 3 is 3.15 bits per heavy atom. The lowest BCUT2D eigenvalue weighted by Crippen LogP contribution is -2.32. The van der Waals surface area contributed by atoms with Crippen LogP contribution in [0.2, 0.25) is 0 Å². The molecule has 0 amide bonds. The Labute approximate surface area is 81.2 Å². The molecule has 0 radical (unpaired) electrons. The molecule has 1 aromatic rings. The normalized spacial score (nSPS) is 28.1. The molecule has 1 N–H and O–H groups in total. The number of halogens is 1. The van der Waals surface area contributed by atoms with E-state index in [2.05, 4.69) is 10.3 Å². The lowest BCUT2D eigenvalue weighted by atomic mass is 10.2. The molecule has 0 saturated heterocycles. The van der Waals surface area contributed by atoms with Gasteiger partial charge in [-0.3, -0.25) is 4.98 Å². The molecule has 1 fully saturated rings. The van der Waals surface area contributed by atoms with Gasteiger partial charge in [-0.1, -0.05) is 0 Å². The first-order valence-corrected chi connectivity index (χ1v) is 5.49. The zero-order valence-electron chi connectivity index (χ0n) is 7.37. The van der Waals surface area contributed by atoms with Crippen molar-refractivity contribution in [2.24, 2.45) is 0 Å². The summed E-state index contributed by atoms with van der Waals surface area (Å²) in [6.07, 6.45) is 3.90. The topological polar surface area (TPSA) is 24.9 Å². The molecule has 0 unspecified atom stereocenters. The van der Waals surface area contributed by atoms with Crippen molar-refractivity contribution < 1.29 is 4.39 Å². The number of aromatic nitrogens is 1. The van der Waals surface area contributed by atoms with Gasteiger partial charge in [-0.15, -0.1) is 11.3 Å². The van der Waals surface area contributed by atoms with Crippen LogP contribution >= 0.6 is 11.3 Å². The molecule has 1 saturated carbocycles. The number of hydrogen-bond acceptors (Lipinski definition) is 3. The number of nitrogens with zero attached hydrogens (tertiary/aromatic N) is 1. The minimum Gasteiger partial charge on any atom is -0.306 e. The molecule has 1 heterocycles. The third-order valence-corrected chi connectivity index (χ3v) is 3.23. The predicted molar refractivity (Wildman–Crippen MR) is 51.5 cm³/mol. The van der Waals surface area contributed by atoms with Crippen LogP contribution in [0, 0.1) is 0 Å². The second-order valence-corrected chi connectivity index (χ2v) is 4.37. The SMILES string of the molecule is F[C@@H]1CCC[C@@H]1NCc1cncs1. The molecule has 0 aliphatic heterocycles. The van der Waals surface area contributed by atoms with Crippen molar-refractivity contribution in [1.82, 2.24) is 10.3 Å². The molecular formula is C9H13FN2S. The molecule has 1 aliphatic carbocycles. The smallest absolute Gasteiger partial charge is 0.115 e. The molecule has 72 valence electrons. The molecule has 0 bridgehead atoms. The number of thiazole rings is 1. The maximum absolute atomic E-state index is 13.1. The Kier molecular flexibility index (Phi) is 2.90. The average Bonchev–Trinajstić information content (AvgIpc) is 2.72. The molecule has 2 rings (SSSR count). The summed E-state index contributed by atoms with van der Waals surface area (Å²) in [4.78, 5) is 5.15. The molecule has 0 spiro atoms. The monoisotopic (exact) mass is 200 g/mol. The first-order valence-electron chi connectivity index (χ1n) is 4.61. The first kappa shape index (κ1) is 9.09. The van der Waals surface area contributed by atoms with E-state index in [0.717, 1.165) is 25.8 Å². The Morgan fingerprint density at radius 2 is 2.54 bits per heavy atom. The van der Waals surface area contributed by atoms with Gasteiger partial charge >= 0.3 is 0 Å². The van der Waals surface area contributed by atoms with Gasteiger partial charge in [0.25, 0.3) is 0 Å². The van der Waals surface area contributed by atoms with Crippen LogP contribution < -0.4 is 5.32 Å². The van der Waals surface area contributed by atoms with Crippen LogP contribution in [0.4, 0.5) is 4.39 Å².